The normalized spacial score (nSPS) is 12.9. The highest BCUT2D eigenvalue weighted by molar-refractivity contribution is 5.74. The van der Waals surface area contributed by atoms with Crippen molar-refractivity contribution < 1.29 is 19.8 Å². The highest BCUT2D eigenvalue weighted by Gasteiger charge is 2.21. The second-order valence-corrected chi connectivity index (χ2v) is 5.38. The van der Waals surface area contributed by atoms with Gasteiger partial charge in [0.05, 0.1) is 12.1 Å². The molecular formula is C13H26N2O4. The van der Waals surface area contributed by atoms with Crippen molar-refractivity contribution in [1.29, 1.82) is 0 Å². The second kappa shape index (κ2) is 7.99. The van der Waals surface area contributed by atoms with Crippen LogP contribution < -0.4 is 5.32 Å². The number of hydrogen-bond acceptors (Lipinski definition) is 3. The van der Waals surface area contributed by atoms with E-state index >= 15 is 0 Å². The Labute approximate surface area is 114 Å². The first kappa shape index (κ1) is 17.7. The predicted octanol–water partition coefficient (Wildman–Crippen LogP) is 1.29. The molecule has 0 saturated carbocycles. The molecule has 0 rings (SSSR count). The molecule has 1 unspecified atom stereocenters. The molecule has 6 heteroatoms. The van der Waals surface area contributed by atoms with Crippen LogP contribution in [0.25, 0.3) is 0 Å². The molecule has 0 aliphatic heterocycles. The Bertz CT molecular complexity index is 300. The second-order valence-electron chi connectivity index (χ2n) is 5.38. The molecule has 0 aliphatic rings. The van der Waals surface area contributed by atoms with E-state index in [-0.39, 0.29) is 24.9 Å². The summed E-state index contributed by atoms with van der Waals surface area (Å²) in [5.41, 5.74) is -0.946. The zero-order valence-electron chi connectivity index (χ0n) is 12.3. The Balaban J connectivity index is 4.29. The zero-order chi connectivity index (χ0) is 15.1. The van der Waals surface area contributed by atoms with Gasteiger partial charge < -0.3 is 20.4 Å². The minimum Gasteiger partial charge on any atom is -0.481 e. The number of urea groups is 1. The third-order valence-electron chi connectivity index (χ3n) is 2.83. The topological polar surface area (TPSA) is 89.9 Å². The molecule has 0 heterocycles. The number of carboxylic acid groups (broad SMARTS) is 1. The number of carbonyl (C=O) groups excluding carboxylic acids is 1. The van der Waals surface area contributed by atoms with Gasteiger partial charge in [-0.05, 0) is 26.7 Å². The summed E-state index contributed by atoms with van der Waals surface area (Å²) < 4.78 is 0. The first-order chi connectivity index (χ1) is 8.69. The molecule has 0 bridgehead atoms. The number of aliphatic hydroxyl groups is 1. The van der Waals surface area contributed by atoms with Crippen molar-refractivity contribution in [2.45, 2.75) is 46.1 Å². The van der Waals surface area contributed by atoms with Gasteiger partial charge in [-0.25, -0.2) is 4.79 Å². The summed E-state index contributed by atoms with van der Waals surface area (Å²) in [6, 6.07) is -0.270. The number of hydrogen-bond donors (Lipinski definition) is 3. The molecule has 0 spiro atoms. The Morgan fingerprint density at radius 3 is 2.26 bits per heavy atom. The van der Waals surface area contributed by atoms with Crippen molar-refractivity contribution in [2.75, 3.05) is 19.6 Å². The standard InChI is InChI=1S/C13H26N2O4/c1-5-10(7-11(16)17)8-14-12(18)15(6-2)9-13(3,4)19/h10,19H,5-9H2,1-4H3,(H,14,18)(H,16,17). The van der Waals surface area contributed by atoms with Gasteiger partial charge in [0.1, 0.15) is 0 Å². The summed E-state index contributed by atoms with van der Waals surface area (Å²) in [6.07, 6.45) is 0.749. The zero-order valence-corrected chi connectivity index (χ0v) is 12.3. The molecular weight excluding hydrogens is 248 g/mol. The van der Waals surface area contributed by atoms with E-state index in [1.54, 1.807) is 13.8 Å². The van der Waals surface area contributed by atoms with Gasteiger partial charge in [0.25, 0.3) is 0 Å². The molecule has 19 heavy (non-hydrogen) atoms. The lowest BCUT2D eigenvalue weighted by molar-refractivity contribution is -0.138. The van der Waals surface area contributed by atoms with Gasteiger partial charge in [0.2, 0.25) is 0 Å². The van der Waals surface area contributed by atoms with Gasteiger partial charge in [-0.15, -0.1) is 0 Å². The van der Waals surface area contributed by atoms with E-state index < -0.39 is 11.6 Å². The van der Waals surface area contributed by atoms with E-state index in [0.29, 0.717) is 19.5 Å². The summed E-state index contributed by atoms with van der Waals surface area (Å²) >= 11 is 0. The maximum Gasteiger partial charge on any atom is 0.317 e. The average Bonchev–Trinajstić information content (AvgIpc) is 2.29. The lowest BCUT2D eigenvalue weighted by Gasteiger charge is -2.28. The molecule has 0 aliphatic carbocycles. The quantitative estimate of drug-likeness (QED) is 0.622. The maximum absolute atomic E-state index is 11.9. The number of carboxylic acids is 1. The SMILES string of the molecule is CCC(CNC(=O)N(CC)CC(C)(C)O)CC(=O)O. The highest BCUT2D eigenvalue weighted by Crippen LogP contribution is 2.08. The van der Waals surface area contributed by atoms with Crippen molar-refractivity contribution in [3.8, 4) is 0 Å². The molecule has 0 aromatic carbocycles. The Hall–Kier alpha value is -1.30. The van der Waals surface area contributed by atoms with E-state index in [9.17, 15) is 14.7 Å². The molecule has 0 fully saturated rings. The van der Waals surface area contributed by atoms with Gasteiger partial charge in [-0.2, -0.15) is 0 Å². The summed E-state index contributed by atoms with van der Waals surface area (Å²) in [7, 11) is 0. The van der Waals surface area contributed by atoms with Gasteiger partial charge in [0.15, 0.2) is 0 Å². The van der Waals surface area contributed by atoms with Gasteiger partial charge in [0, 0.05) is 19.5 Å². The summed E-state index contributed by atoms with van der Waals surface area (Å²) in [4.78, 5) is 24.1. The lowest BCUT2D eigenvalue weighted by Crippen LogP contribution is -2.47. The smallest absolute Gasteiger partial charge is 0.317 e. The van der Waals surface area contributed by atoms with Gasteiger partial charge >= 0.3 is 12.0 Å². The summed E-state index contributed by atoms with van der Waals surface area (Å²) in [6.45, 7) is 8.08. The van der Waals surface area contributed by atoms with E-state index in [1.165, 1.54) is 4.90 Å². The number of rotatable bonds is 8. The molecule has 0 aromatic rings. The number of likely N-dealkylation sites (N-methyl/N-ethyl adjacent to an activating group) is 1. The van der Waals surface area contributed by atoms with Gasteiger partial charge in [-0.1, -0.05) is 13.3 Å². The van der Waals surface area contributed by atoms with E-state index in [2.05, 4.69) is 5.32 Å². The van der Waals surface area contributed by atoms with Crippen molar-refractivity contribution in [3.05, 3.63) is 0 Å². The van der Waals surface area contributed by atoms with E-state index in [1.807, 2.05) is 13.8 Å². The fraction of sp³-hybridized carbons (Fsp3) is 0.846. The third kappa shape index (κ3) is 8.42. The lowest BCUT2D eigenvalue weighted by atomic mass is 10.0. The van der Waals surface area contributed by atoms with Crippen LogP contribution in [-0.4, -0.2) is 52.3 Å². The first-order valence-electron chi connectivity index (χ1n) is 6.66. The third-order valence-corrected chi connectivity index (χ3v) is 2.83. The van der Waals surface area contributed by atoms with Crippen LogP contribution in [0, 0.1) is 5.92 Å². The fourth-order valence-corrected chi connectivity index (χ4v) is 1.75. The monoisotopic (exact) mass is 274 g/mol. The van der Waals surface area contributed by atoms with Crippen LogP contribution in [0.2, 0.25) is 0 Å². The predicted molar refractivity (Wildman–Crippen MR) is 73.0 cm³/mol. The highest BCUT2D eigenvalue weighted by atomic mass is 16.4. The number of nitrogens with zero attached hydrogens (tertiary/aromatic N) is 1. The van der Waals surface area contributed by atoms with Crippen LogP contribution in [0.1, 0.15) is 40.5 Å². The summed E-state index contributed by atoms with van der Waals surface area (Å²) in [5, 5.41) is 21.2. The Morgan fingerprint density at radius 2 is 1.89 bits per heavy atom. The van der Waals surface area contributed by atoms with E-state index in [0.717, 1.165) is 0 Å². The first-order valence-corrected chi connectivity index (χ1v) is 6.66. The Morgan fingerprint density at radius 1 is 1.32 bits per heavy atom. The number of aliphatic carboxylic acids is 1. The average molecular weight is 274 g/mol. The number of amides is 2. The molecule has 6 nitrogen and oxygen atoms in total. The summed E-state index contributed by atoms with van der Waals surface area (Å²) in [5.74, 6) is -0.924. The van der Waals surface area contributed by atoms with Crippen LogP contribution in [0.5, 0.6) is 0 Å². The van der Waals surface area contributed by atoms with Crippen LogP contribution in [0.3, 0.4) is 0 Å². The van der Waals surface area contributed by atoms with Crippen molar-refractivity contribution in [1.82, 2.24) is 10.2 Å². The van der Waals surface area contributed by atoms with Crippen LogP contribution in [0.4, 0.5) is 4.79 Å². The number of nitrogens with one attached hydrogen (secondary N) is 1. The molecule has 3 N–H and O–H groups in total. The van der Waals surface area contributed by atoms with Crippen LogP contribution >= 0.6 is 0 Å². The molecule has 2 amide bonds. The van der Waals surface area contributed by atoms with E-state index in [4.69, 9.17) is 5.11 Å². The maximum atomic E-state index is 11.9. The van der Waals surface area contributed by atoms with Crippen molar-refractivity contribution in [2.24, 2.45) is 5.92 Å². The molecule has 0 aromatic heterocycles. The molecule has 112 valence electrons. The Kier molecular flexibility index (Phi) is 7.44. The fourth-order valence-electron chi connectivity index (χ4n) is 1.75. The largest absolute Gasteiger partial charge is 0.481 e. The molecule has 0 radical (unpaired) electrons. The van der Waals surface area contributed by atoms with Crippen LogP contribution in [-0.2, 0) is 4.79 Å². The minimum atomic E-state index is -0.946. The molecule has 1 atom stereocenters. The molecule has 0 saturated heterocycles. The number of carbonyl (C=O) groups is 2. The van der Waals surface area contributed by atoms with Crippen molar-refractivity contribution >= 4 is 12.0 Å². The minimum absolute atomic E-state index is 0.0500. The van der Waals surface area contributed by atoms with Crippen molar-refractivity contribution in [3.63, 3.8) is 0 Å². The van der Waals surface area contributed by atoms with Gasteiger partial charge in [-0.3, -0.25) is 4.79 Å². The van der Waals surface area contributed by atoms with Crippen LogP contribution in [0.15, 0.2) is 0 Å².